The van der Waals surface area contributed by atoms with E-state index in [0.29, 0.717) is 25.1 Å². The second-order valence-corrected chi connectivity index (χ2v) is 12.2. The molecule has 5 rings (SSSR count). The molecule has 1 fully saturated rings. The topological polar surface area (TPSA) is 91.8 Å². The third kappa shape index (κ3) is 5.28. The molecule has 1 aromatic heterocycles. The molecule has 40 heavy (non-hydrogen) atoms. The number of aryl methyl sites for hydroxylation is 1. The summed E-state index contributed by atoms with van der Waals surface area (Å²) in [5.74, 6) is -0.727. The highest BCUT2D eigenvalue weighted by molar-refractivity contribution is 7.13. The number of carbonyl (C=O) groups excluding carboxylic acids is 3. The molecule has 0 aliphatic carbocycles. The van der Waals surface area contributed by atoms with Crippen LogP contribution in [0.3, 0.4) is 0 Å². The molecule has 1 saturated heterocycles. The lowest BCUT2D eigenvalue weighted by Gasteiger charge is -2.35. The smallest absolute Gasteiger partial charge is 0.255 e. The number of methoxy groups -OCH3 is 1. The molecule has 210 valence electrons. The lowest BCUT2D eigenvalue weighted by atomic mass is 10.00. The highest BCUT2D eigenvalue weighted by Crippen LogP contribution is 2.34. The van der Waals surface area contributed by atoms with Crippen molar-refractivity contribution in [1.82, 2.24) is 20.1 Å². The van der Waals surface area contributed by atoms with Gasteiger partial charge in [-0.3, -0.25) is 14.4 Å². The first-order chi connectivity index (χ1) is 19.1. The Balaban J connectivity index is 1.32. The maximum absolute atomic E-state index is 14.1. The van der Waals surface area contributed by atoms with Crippen LogP contribution in [-0.4, -0.2) is 63.8 Å². The van der Waals surface area contributed by atoms with Gasteiger partial charge in [0.15, 0.2) is 0 Å². The van der Waals surface area contributed by atoms with E-state index >= 15 is 0 Å². The molecule has 0 spiro atoms. The van der Waals surface area contributed by atoms with E-state index in [1.807, 2.05) is 75.7 Å². The van der Waals surface area contributed by atoms with Gasteiger partial charge in [-0.25, -0.2) is 4.98 Å². The van der Waals surface area contributed by atoms with Crippen molar-refractivity contribution < 1.29 is 19.1 Å². The number of carbonyl (C=O) groups is 3. The Labute approximate surface area is 239 Å². The number of thiazole rings is 1. The van der Waals surface area contributed by atoms with Gasteiger partial charge in [0, 0.05) is 32.2 Å². The zero-order valence-corrected chi connectivity index (χ0v) is 24.5. The van der Waals surface area contributed by atoms with Gasteiger partial charge in [-0.2, -0.15) is 0 Å². The summed E-state index contributed by atoms with van der Waals surface area (Å²) in [4.78, 5) is 49.7. The molecular formula is C31H36N4O4S. The van der Waals surface area contributed by atoms with Crippen LogP contribution in [0.5, 0.6) is 0 Å². The lowest BCUT2D eigenvalue weighted by molar-refractivity contribution is -0.143. The van der Waals surface area contributed by atoms with Gasteiger partial charge in [0.05, 0.1) is 28.2 Å². The van der Waals surface area contributed by atoms with Gasteiger partial charge >= 0.3 is 0 Å². The fourth-order valence-electron chi connectivity index (χ4n) is 5.78. The number of benzene rings is 2. The minimum atomic E-state index is -0.696. The molecule has 3 atom stereocenters. The molecular weight excluding hydrogens is 524 g/mol. The van der Waals surface area contributed by atoms with Crippen molar-refractivity contribution in [1.29, 1.82) is 0 Å². The van der Waals surface area contributed by atoms with Crippen molar-refractivity contribution in [2.75, 3.05) is 13.7 Å². The molecule has 9 heteroatoms. The first-order valence-corrected chi connectivity index (χ1v) is 14.5. The number of likely N-dealkylation sites (tertiary alicyclic amines) is 1. The molecule has 3 aromatic rings. The number of fused-ring (bicyclic) bond motifs is 1. The van der Waals surface area contributed by atoms with Crippen LogP contribution in [0.15, 0.2) is 54.0 Å². The van der Waals surface area contributed by atoms with Crippen LogP contribution in [0.1, 0.15) is 54.4 Å². The van der Waals surface area contributed by atoms with E-state index in [2.05, 4.69) is 10.3 Å². The van der Waals surface area contributed by atoms with Crippen LogP contribution in [0.4, 0.5) is 0 Å². The zero-order chi connectivity index (χ0) is 28.6. The number of amides is 3. The number of aromatic nitrogens is 1. The maximum atomic E-state index is 14.1. The summed E-state index contributed by atoms with van der Waals surface area (Å²) in [6.45, 7) is 8.80. The van der Waals surface area contributed by atoms with Gasteiger partial charge in [0.25, 0.3) is 5.91 Å². The van der Waals surface area contributed by atoms with E-state index in [-0.39, 0.29) is 30.2 Å². The Morgan fingerprint density at radius 2 is 1.90 bits per heavy atom. The summed E-state index contributed by atoms with van der Waals surface area (Å²) in [5, 5.41) is 3.04. The number of hydrogen-bond donors (Lipinski definition) is 1. The largest absolute Gasteiger partial charge is 0.377 e. The number of nitrogens with one attached hydrogen (secondary N) is 1. The number of nitrogens with zero attached hydrogens (tertiary/aromatic N) is 3. The predicted octanol–water partition coefficient (Wildman–Crippen LogP) is 4.42. The van der Waals surface area contributed by atoms with E-state index in [1.54, 1.807) is 34.3 Å². The van der Waals surface area contributed by atoms with Crippen LogP contribution in [0.2, 0.25) is 0 Å². The monoisotopic (exact) mass is 560 g/mol. The van der Waals surface area contributed by atoms with Crippen molar-refractivity contribution in [2.24, 2.45) is 5.92 Å². The number of ether oxygens (including phenoxy) is 1. The Morgan fingerprint density at radius 1 is 1.18 bits per heavy atom. The fraction of sp³-hybridized carbons (Fsp3) is 0.419. The quantitative estimate of drug-likeness (QED) is 0.440. The SMILES string of the molecule is CO[C@]1(C)C[C@@H](C(=O)NCc2ccc(-c3scnc3C)cc2)N(C(=O)C(C(C)C)N2Cc3ccccc3C2=O)C1. The molecule has 3 amide bonds. The van der Waals surface area contributed by atoms with Crippen molar-refractivity contribution in [3.05, 3.63) is 76.4 Å². The zero-order valence-electron chi connectivity index (χ0n) is 23.6. The summed E-state index contributed by atoms with van der Waals surface area (Å²) in [5.41, 5.74) is 5.78. The summed E-state index contributed by atoms with van der Waals surface area (Å²) in [7, 11) is 1.61. The molecule has 0 radical (unpaired) electrons. The van der Waals surface area contributed by atoms with E-state index < -0.39 is 17.7 Å². The van der Waals surface area contributed by atoms with Gasteiger partial charge in [-0.15, -0.1) is 11.3 Å². The van der Waals surface area contributed by atoms with E-state index in [9.17, 15) is 14.4 Å². The molecule has 8 nitrogen and oxygen atoms in total. The molecule has 1 N–H and O–H groups in total. The Morgan fingerprint density at radius 3 is 2.52 bits per heavy atom. The predicted molar refractivity (Wildman–Crippen MR) is 155 cm³/mol. The average Bonchev–Trinajstić information content (AvgIpc) is 3.63. The van der Waals surface area contributed by atoms with Crippen LogP contribution >= 0.6 is 11.3 Å². The fourth-order valence-corrected chi connectivity index (χ4v) is 6.59. The van der Waals surface area contributed by atoms with E-state index in [4.69, 9.17) is 4.74 Å². The molecule has 0 bridgehead atoms. The van der Waals surface area contributed by atoms with Crippen LogP contribution in [0, 0.1) is 12.8 Å². The molecule has 2 aromatic carbocycles. The summed E-state index contributed by atoms with van der Waals surface area (Å²) < 4.78 is 5.76. The third-order valence-corrected chi connectivity index (χ3v) is 9.06. The average molecular weight is 561 g/mol. The highest BCUT2D eigenvalue weighted by atomic mass is 32.1. The summed E-state index contributed by atoms with van der Waals surface area (Å²) in [6.07, 6.45) is 0.379. The standard InChI is InChI=1S/C31H36N4O4S/c1-19(2)26(34-16-23-8-6-7-9-24(23)29(34)37)30(38)35-17-31(4,39-5)14-25(35)28(36)32-15-21-10-12-22(13-11-21)27-20(3)33-18-40-27/h6-13,18-19,25-26H,14-17H2,1-5H3,(H,32,36)/t25-,26?,31+/m0/s1. The van der Waals surface area contributed by atoms with Crippen molar-refractivity contribution >= 4 is 29.1 Å². The van der Waals surface area contributed by atoms with Crippen molar-refractivity contribution in [3.8, 4) is 10.4 Å². The Kier molecular flexibility index (Phi) is 7.79. The van der Waals surface area contributed by atoms with Crippen LogP contribution in [0.25, 0.3) is 10.4 Å². The van der Waals surface area contributed by atoms with Gasteiger partial charge in [0.1, 0.15) is 12.1 Å². The molecule has 0 saturated carbocycles. The Bertz CT molecular complexity index is 1420. The first-order valence-electron chi connectivity index (χ1n) is 13.6. The van der Waals surface area contributed by atoms with E-state index in [1.165, 1.54) is 0 Å². The molecule has 2 aliphatic rings. The minimum absolute atomic E-state index is 0.135. The van der Waals surface area contributed by atoms with Crippen LogP contribution < -0.4 is 5.32 Å². The van der Waals surface area contributed by atoms with Gasteiger partial charge < -0.3 is 19.9 Å². The van der Waals surface area contributed by atoms with Crippen molar-refractivity contribution in [3.63, 3.8) is 0 Å². The van der Waals surface area contributed by atoms with Gasteiger partial charge in [0.2, 0.25) is 11.8 Å². The summed E-state index contributed by atoms with van der Waals surface area (Å²) in [6, 6.07) is 14.2. The minimum Gasteiger partial charge on any atom is -0.377 e. The molecule has 2 aliphatic heterocycles. The molecule has 3 heterocycles. The van der Waals surface area contributed by atoms with Crippen LogP contribution in [-0.2, 0) is 27.4 Å². The van der Waals surface area contributed by atoms with Gasteiger partial charge in [-0.1, -0.05) is 56.3 Å². The van der Waals surface area contributed by atoms with Crippen molar-refractivity contribution in [2.45, 2.75) is 64.9 Å². The summed E-state index contributed by atoms with van der Waals surface area (Å²) >= 11 is 1.60. The van der Waals surface area contributed by atoms with E-state index in [0.717, 1.165) is 27.3 Å². The second-order valence-electron chi connectivity index (χ2n) is 11.3. The normalized spacial score (nSPS) is 21.1. The maximum Gasteiger partial charge on any atom is 0.255 e. The Hall–Kier alpha value is -3.56. The number of hydrogen-bond acceptors (Lipinski definition) is 6. The second kappa shape index (κ2) is 11.1. The number of rotatable bonds is 8. The highest BCUT2D eigenvalue weighted by Gasteiger charge is 2.50. The molecule has 1 unspecified atom stereocenters. The third-order valence-electron chi connectivity index (χ3n) is 8.08. The lowest BCUT2D eigenvalue weighted by Crippen LogP contribution is -2.55. The van der Waals surface area contributed by atoms with Gasteiger partial charge in [-0.05, 0) is 42.5 Å². The first kappa shape index (κ1) is 28.0.